The highest BCUT2D eigenvalue weighted by Crippen LogP contribution is 2.25. The molecule has 1 heterocycles. The third-order valence-corrected chi connectivity index (χ3v) is 2.81. The molecule has 2 nitrogen and oxygen atoms in total. The van der Waals surface area contributed by atoms with Gasteiger partial charge < -0.3 is 5.32 Å². The van der Waals surface area contributed by atoms with Gasteiger partial charge in [0.1, 0.15) is 0 Å². The maximum atomic E-state index is 13.8. The molecule has 0 fully saturated rings. The molecular formula is C14H14F2N2. The third kappa shape index (κ3) is 2.38. The molecule has 0 aliphatic heterocycles. The molecule has 1 aromatic carbocycles. The summed E-state index contributed by atoms with van der Waals surface area (Å²) in [5.74, 6) is -1.66. The smallest absolute Gasteiger partial charge is 0.163 e. The molecule has 0 radical (unpaired) electrons. The maximum Gasteiger partial charge on any atom is 0.163 e. The normalized spacial score (nSPS) is 12.4. The molecule has 0 saturated heterocycles. The van der Waals surface area contributed by atoms with Crippen molar-refractivity contribution in [2.75, 3.05) is 7.05 Å². The van der Waals surface area contributed by atoms with Gasteiger partial charge in [-0.05, 0) is 31.2 Å². The van der Waals surface area contributed by atoms with Gasteiger partial charge in [0.25, 0.3) is 0 Å². The van der Waals surface area contributed by atoms with E-state index in [1.165, 1.54) is 6.07 Å². The van der Waals surface area contributed by atoms with Gasteiger partial charge in [-0.1, -0.05) is 18.2 Å². The minimum Gasteiger partial charge on any atom is -0.309 e. The molecule has 0 amide bonds. The number of nitrogens with zero attached hydrogens (tertiary/aromatic N) is 1. The quantitative estimate of drug-likeness (QED) is 0.903. The van der Waals surface area contributed by atoms with Crippen LogP contribution in [0.5, 0.6) is 0 Å². The Labute approximate surface area is 105 Å². The van der Waals surface area contributed by atoms with Gasteiger partial charge >= 0.3 is 0 Å². The molecule has 0 spiro atoms. The van der Waals surface area contributed by atoms with Crippen LogP contribution in [0.1, 0.15) is 22.7 Å². The summed E-state index contributed by atoms with van der Waals surface area (Å²) < 4.78 is 27.0. The van der Waals surface area contributed by atoms with Crippen LogP contribution < -0.4 is 5.32 Å². The van der Waals surface area contributed by atoms with Crippen LogP contribution in [-0.4, -0.2) is 12.0 Å². The molecule has 1 unspecified atom stereocenters. The van der Waals surface area contributed by atoms with Gasteiger partial charge in [-0.25, -0.2) is 8.78 Å². The Morgan fingerprint density at radius 3 is 2.67 bits per heavy atom. The summed E-state index contributed by atoms with van der Waals surface area (Å²) in [4.78, 5) is 4.07. The molecule has 0 saturated carbocycles. The van der Waals surface area contributed by atoms with Crippen LogP contribution in [0.25, 0.3) is 0 Å². The van der Waals surface area contributed by atoms with E-state index in [1.807, 2.05) is 13.0 Å². The summed E-state index contributed by atoms with van der Waals surface area (Å²) in [6.07, 6.45) is 3.37. The van der Waals surface area contributed by atoms with E-state index in [0.29, 0.717) is 0 Å². The fraction of sp³-hybridized carbons (Fsp3) is 0.214. The van der Waals surface area contributed by atoms with Crippen LogP contribution in [0, 0.1) is 18.6 Å². The average molecular weight is 248 g/mol. The summed E-state index contributed by atoms with van der Waals surface area (Å²) in [5.41, 5.74) is 2.07. The second-order valence-electron chi connectivity index (χ2n) is 4.16. The van der Waals surface area contributed by atoms with Crippen molar-refractivity contribution in [1.82, 2.24) is 10.3 Å². The largest absolute Gasteiger partial charge is 0.309 e. The van der Waals surface area contributed by atoms with E-state index < -0.39 is 17.7 Å². The minimum atomic E-state index is -0.839. The number of aryl methyl sites for hydroxylation is 1. The molecule has 2 rings (SSSR count). The lowest BCUT2D eigenvalue weighted by molar-refractivity contribution is 0.487. The monoisotopic (exact) mass is 248 g/mol. The van der Waals surface area contributed by atoms with Gasteiger partial charge in [-0.15, -0.1) is 0 Å². The lowest BCUT2D eigenvalue weighted by Crippen LogP contribution is -2.19. The molecule has 1 aromatic heterocycles. The first kappa shape index (κ1) is 12.6. The van der Waals surface area contributed by atoms with Crippen molar-refractivity contribution in [2.24, 2.45) is 0 Å². The first-order valence-electron chi connectivity index (χ1n) is 5.66. The SMILES string of the molecule is CNC(c1cncc(C)c1)c1cccc(F)c1F. The lowest BCUT2D eigenvalue weighted by atomic mass is 9.99. The van der Waals surface area contributed by atoms with Crippen molar-refractivity contribution in [1.29, 1.82) is 0 Å². The third-order valence-electron chi connectivity index (χ3n) is 2.81. The van der Waals surface area contributed by atoms with Crippen LogP contribution >= 0.6 is 0 Å². The fourth-order valence-corrected chi connectivity index (χ4v) is 1.98. The predicted molar refractivity (Wildman–Crippen MR) is 66.2 cm³/mol. The van der Waals surface area contributed by atoms with Crippen LogP contribution in [0.3, 0.4) is 0 Å². The summed E-state index contributed by atoms with van der Waals surface area (Å²) >= 11 is 0. The van der Waals surface area contributed by atoms with Crippen LogP contribution in [0.15, 0.2) is 36.7 Å². The van der Waals surface area contributed by atoms with Crippen molar-refractivity contribution in [3.8, 4) is 0 Å². The van der Waals surface area contributed by atoms with Crippen molar-refractivity contribution >= 4 is 0 Å². The Hall–Kier alpha value is -1.81. The zero-order valence-electron chi connectivity index (χ0n) is 10.2. The van der Waals surface area contributed by atoms with Crippen molar-refractivity contribution in [3.63, 3.8) is 0 Å². The Morgan fingerprint density at radius 2 is 2.00 bits per heavy atom. The van der Waals surface area contributed by atoms with Gasteiger partial charge in [0, 0.05) is 18.0 Å². The average Bonchev–Trinajstić information content (AvgIpc) is 2.35. The molecule has 1 N–H and O–H groups in total. The summed E-state index contributed by atoms with van der Waals surface area (Å²) in [6.45, 7) is 1.91. The molecular weight excluding hydrogens is 234 g/mol. The highest BCUT2D eigenvalue weighted by Gasteiger charge is 2.18. The number of hydrogen-bond acceptors (Lipinski definition) is 2. The van der Waals surface area contributed by atoms with Crippen LogP contribution in [-0.2, 0) is 0 Å². The Balaban J connectivity index is 2.49. The van der Waals surface area contributed by atoms with E-state index in [0.717, 1.165) is 17.2 Å². The summed E-state index contributed by atoms with van der Waals surface area (Å²) in [6, 6.07) is 5.68. The van der Waals surface area contributed by atoms with E-state index in [2.05, 4.69) is 10.3 Å². The molecule has 1 atom stereocenters. The van der Waals surface area contributed by atoms with Crippen molar-refractivity contribution in [3.05, 3.63) is 65.0 Å². The number of pyridine rings is 1. The molecule has 4 heteroatoms. The van der Waals surface area contributed by atoms with E-state index in [9.17, 15) is 8.78 Å². The number of nitrogens with one attached hydrogen (secondary N) is 1. The van der Waals surface area contributed by atoms with E-state index in [4.69, 9.17) is 0 Å². The molecule has 2 aromatic rings. The molecule has 0 aliphatic carbocycles. The number of aromatic nitrogens is 1. The Bertz CT molecular complexity index is 555. The molecule has 0 aliphatic rings. The zero-order chi connectivity index (χ0) is 13.1. The highest BCUT2D eigenvalue weighted by molar-refractivity contribution is 5.33. The molecule has 0 bridgehead atoms. The first-order chi connectivity index (χ1) is 8.63. The summed E-state index contributed by atoms with van der Waals surface area (Å²) in [5, 5.41) is 2.98. The number of benzene rings is 1. The number of halogens is 2. The lowest BCUT2D eigenvalue weighted by Gasteiger charge is -2.18. The van der Waals surface area contributed by atoms with Gasteiger partial charge in [-0.3, -0.25) is 4.98 Å². The number of hydrogen-bond donors (Lipinski definition) is 1. The minimum absolute atomic E-state index is 0.282. The second-order valence-corrected chi connectivity index (χ2v) is 4.16. The Morgan fingerprint density at radius 1 is 1.22 bits per heavy atom. The van der Waals surface area contributed by atoms with Gasteiger partial charge in [-0.2, -0.15) is 0 Å². The van der Waals surface area contributed by atoms with E-state index in [-0.39, 0.29) is 5.56 Å². The van der Waals surface area contributed by atoms with Crippen LogP contribution in [0.2, 0.25) is 0 Å². The molecule has 94 valence electrons. The first-order valence-corrected chi connectivity index (χ1v) is 5.66. The highest BCUT2D eigenvalue weighted by atomic mass is 19.2. The topological polar surface area (TPSA) is 24.9 Å². The predicted octanol–water partition coefficient (Wildman–Crippen LogP) is 2.98. The number of rotatable bonds is 3. The Kier molecular flexibility index (Phi) is 3.67. The molecule has 18 heavy (non-hydrogen) atoms. The van der Waals surface area contributed by atoms with E-state index >= 15 is 0 Å². The standard InChI is InChI=1S/C14H14F2N2/c1-9-6-10(8-18-7-9)14(17-2)11-4-3-5-12(15)13(11)16/h3-8,14,17H,1-2H3. The maximum absolute atomic E-state index is 13.8. The summed E-state index contributed by atoms with van der Waals surface area (Å²) in [7, 11) is 1.71. The van der Waals surface area contributed by atoms with Crippen LogP contribution in [0.4, 0.5) is 8.78 Å². The van der Waals surface area contributed by atoms with Gasteiger partial charge in [0.2, 0.25) is 0 Å². The van der Waals surface area contributed by atoms with Gasteiger partial charge in [0.05, 0.1) is 6.04 Å². The van der Waals surface area contributed by atoms with Gasteiger partial charge in [0.15, 0.2) is 11.6 Å². The zero-order valence-corrected chi connectivity index (χ0v) is 10.2. The van der Waals surface area contributed by atoms with Crippen molar-refractivity contribution < 1.29 is 8.78 Å². The van der Waals surface area contributed by atoms with E-state index in [1.54, 1.807) is 25.5 Å². The fourth-order valence-electron chi connectivity index (χ4n) is 1.98. The van der Waals surface area contributed by atoms with Crippen molar-refractivity contribution in [2.45, 2.75) is 13.0 Å². The second kappa shape index (κ2) is 5.23.